The lowest BCUT2D eigenvalue weighted by molar-refractivity contribution is 0.189. The predicted molar refractivity (Wildman–Crippen MR) is 123 cm³/mol. The first kappa shape index (κ1) is 19.7. The van der Waals surface area contributed by atoms with Crippen LogP contribution in [0.2, 0.25) is 0 Å². The van der Waals surface area contributed by atoms with Gasteiger partial charge in [-0.05, 0) is 47.6 Å². The SMILES string of the molecule is CN=C(NCC1C2Cc3ccccc3C12)N1CCC(C)C(n2ccnc2)C1.I. The van der Waals surface area contributed by atoms with Gasteiger partial charge < -0.3 is 14.8 Å². The topological polar surface area (TPSA) is 45.5 Å². The molecule has 0 radical (unpaired) electrons. The molecule has 2 aromatic rings. The van der Waals surface area contributed by atoms with Gasteiger partial charge >= 0.3 is 0 Å². The van der Waals surface area contributed by atoms with E-state index in [1.807, 2.05) is 19.6 Å². The number of nitrogens with zero attached hydrogens (tertiary/aromatic N) is 4. The van der Waals surface area contributed by atoms with Gasteiger partial charge in [-0.2, -0.15) is 0 Å². The normalized spacial score (nSPS) is 31.0. The molecule has 5 atom stereocenters. The minimum absolute atomic E-state index is 0. The Bertz CT molecular complexity index is 833. The maximum absolute atomic E-state index is 4.60. The summed E-state index contributed by atoms with van der Waals surface area (Å²) in [5.41, 5.74) is 3.16. The fourth-order valence-corrected chi connectivity index (χ4v) is 5.40. The monoisotopic (exact) mass is 491 g/mol. The first-order valence-electron chi connectivity index (χ1n) is 10.3. The van der Waals surface area contributed by atoms with Gasteiger partial charge in [-0.15, -0.1) is 24.0 Å². The Hall–Kier alpha value is -1.57. The van der Waals surface area contributed by atoms with E-state index in [-0.39, 0.29) is 24.0 Å². The third kappa shape index (κ3) is 3.44. The zero-order chi connectivity index (χ0) is 18.4. The summed E-state index contributed by atoms with van der Waals surface area (Å²) in [6, 6.07) is 9.46. The van der Waals surface area contributed by atoms with Crippen LogP contribution in [0, 0.1) is 17.8 Å². The molecule has 0 spiro atoms. The molecule has 2 heterocycles. The van der Waals surface area contributed by atoms with E-state index >= 15 is 0 Å². The van der Waals surface area contributed by atoms with Crippen LogP contribution in [0.5, 0.6) is 0 Å². The minimum atomic E-state index is 0. The molecule has 2 fully saturated rings. The largest absolute Gasteiger partial charge is 0.356 e. The lowest BCUT2D eigenvalue weighted by atomic mass is 9.93. The number of aromatic nitrogens is 2. The number of piperidine rings is 1. The molecule has 5 nitrogen and oxygen atoms in total. The Morgan fingerprint density at radius 2 is 2.18 bits per heavy atom. The number of benzene rings is 1. The van der Waals surface area contributed by atoms with Crippen LogP contribution in [-0.2, 0) is 6.42 Å². The summed E-state index contributed by atoms with van der Waals surface area (Å²) in [6.07, 6.45) is 8.36. The van der Waals surface area contributed by atoms with Crippen molar-refractivity contribution in [2.75, 3.05) is 26.7 Å². The average Bonchev–Trinajstić information content (AvgIpc) is 3.06. The van der Waals surface area contributed by atoms with Crippen LogP contribution in [0.4, 0.5) is 0 Å². The average molecular weight is 491 g/mol. The molecule has 1 saturated carbocycles. The van der Waals surface area contributed by atoms with E-state index in [2.05, 4.69) is 62.1 Å². The first-order valence-corrected chi connectivity index (χ1v) is 10.3. The smallest absolute Gasteiger partial charge is 0.193 e. The molecule has 6 heteroatoms. The van der Waals surface area contributed by atoms with Gasteiger partial charge in [0, 0.05) is 39.1 Å². The summed E-state index contributed by atoms with van der Waals surface area (Å²) in [5, 5.41) is 3.69. The number of likely N-dealkylation sites (tertiary alicyclic amines) is 1. The van der Waals surface area contributed by atoms with Crippen LogP contribution in [0.1, 0.15) is 36.4 Å². The number of rotatable bonds is 3. The number of guanidine groups is 1. The van der Waals surface area contributed by atoms with Crippen LogP contribution in [-0.4, -0.2) is 47.1 Å². The quantitative estimate of drug-likeness (QED) is 0.406. The van der Waals surface area contributed by atoms with Gasteiger partial charge in [0.15, 0.2) is 5.96 Å². The van der Waals surface area contributed by atoms with E-state index in [4.69, 9.17) is 0 Å². The molecule has 1 aliphatic heterocycles. The molecule has 0 bridgehead atoms. The van der Waals surface area contributed by atoms with E-state index < -0.39 is 0 Å². The Morgan fingerprint density at radius 3 is 2.96 bits per heavy atom. The Balaban J connectivity index is 0.00000192. The van der Waals surface area contributed by atoms with E-state index in [1.54, 1.807) is 11.1 Å². The molecule has 3 aliphatic rings. The van der Waals surface area contributed by atoms with Crippen molar-refractivity contribution in [2.45, 2.75) is 31.7 Å². The van der Waals surface area contributed by atoms with Gasteiger partial charge in [-0.25, -0.2) is 4.98 Å². The number of halogens is 1. The summed E-state index contributed by atoms with van der Waals surface area (Å²) in [5.74, 6) is 4.10. The third-order valence-electron chi connectivity index (χ3n) is 7.04. The zero-order valence-corrected chi connectivity index (χ0v) is 19.0. The summed E-state index contributed by atoms with van der Waals surface area (Å²) in [7, 11) is 1.91. The van der Waals surface area contributed by atoms with Crippen molar-refractivity contribution in [1.82, 2.24) is 19.8 Å². The molecular formula is C22H30IN5. The molecule has 28 heavy (non-hydrogen) atoms. The van der Waals surface area contributed by atoms with Crippen molar-refractivity contribution in [3.8, 4) is 0 Å². The van der Waals surface area contributed by atoms with Crippen molar-refractivity contribution in [2.24, 2.45) is 22.7 Å². The highest BCUT2D eigenvalue weighted by atomic mass is 127. The summed E-state index contributed by atoms with van der Waals surface area (Å²) < 4.78 is 2.26. The van der Waals surface area contributed by atoms with E-state index in [0.29, 0.717) is 12.0 Å². The molecule has 2 aliphatic carbocycles. The second kappa shape index (κ2) is 8.05. The number of hydrogen-bond acceptors (Lipinski definition) is 2. The van der Waals surface area contributed by atoms with E-state index in [1.165, 1.54) is 12.8 Å². The lowest BCUT2D eigenvalue weighted by Gasteiger charge is -2.39. The molecule has 1 saturated heterocycles. The molecule has 5 unspecified atom stereocenters. The van der Waals surface area contributed by atoms with E-state index in [9.17, 15) is 0 Å². The standard InChI is InChI=1S/C22H29N5.HI/c1-15-7-9-26(13-20(15)27-10-8-24-14-27)22(23-2)25-12-19-18-11-16-5-3-4-6-17(16)21(18)19;/h3-6,8,10,14-15,18-21H,7,9,11-13H2,1-2H3,(H,23,25);1H. The number of hydrogen-bond donors (Lipinski definition) is 1. The number of imidazole rings is 1. The summed E-state index contributed by atoms with van der Waals surface area (Å²) in [4.78, 5) is 11.3. The van der Waals surface area contributed by atoms with Gasteiger partial charge in [0.05, 0.1) is 12.4 Å². The van der Waals surface area contributed by atoms with Crippen molar-refractivity contribution >= 4 is 29.9 Å². The van der Waals surface area contributed by atoms with Crippen LogP contribution >= 0.6 is 24.0 Å². The molecule has 5 rings (SSSR count). The van der Waals surface area contributed by atoms with Gasteiger partial charge in [0.2, 0.25) is 0 Å². The van der Waals surface area contributed by atoms with Crippen LogP contribution in [0.15, 0.2) is 48.0 Å². The van der Waals surface area contributed by atoms with Crippen molar-refractivity contribution in [3.63, 3.8) is 0 Å². The fraction of sp³-hybridized carbons (Fsp3) is 0.545. The zero-order valence-electron chi connectivity index (χ0n) is 16.7. The minimum Gasteiger partial charge on any atom is -0.356 e. The third-order valence-corrected chi connectivity index (χ3v) is 7.04. The molecule has 0 amide bonds. The van der Waals surface area contributed by atoms with Crippen LogP contribution in [0.25, 0.3) is 0 Å². The van der Waals surface area contributed by atoms with Gasteiger partial charge in [0.25, 0.3) is 0 Å². The Labute approximate surface area is 184 Å². The van der Waals surface area contributed by atoms with Crippen molar-refractivity contribution in [1.29, 1.82) is 0 Å². The number of fused-ring (bicyclic) bond motifs is 3. The highest BCUT2D eigenvalue weighted by molar-refractivity contribution is 14.0. The predicted octanol–water partition coefficient (Wildman–Crippen LogP) is 3.55. The highest BCUT2D eigenvalue weighted by Crippen LogP contribution is 2.60. The highest BCUT2D eigenvalue weighted by Gasteiger charge is 2.55. The summed E-state index contributed by atoms with van der Waals surface area (Å²) in [6.45, 7) is 5.46. The number of nitrogens with one attached hydrogen (secondary N) is 1. The lowest BCUT2D eigenvalue weighted by Crippen LogP contribution is -2.49. The molecule has 1 N–H and O–H groups in total. The van der Waals surface area contributed by atoms with Crippen molar-refractivity contribution in [3.05, 3.63) is 54.1 Å². The molecular weight excluding hydrogens is 461 g/mol. The molecule has 150 valence electrons. The Kier molecular flexibility index (Phi) is 5.67. The van der Waals surface area contributed by atoms with Gasteiger partial charge in [-0.1, -0.05) is 31.2 Å². The maximum atomic E-state index is 4.60. The van der Waals surface area contributed by atoms with E-state index in [0.717, 1.165) is 43.3 Å². The Morgan fingerprint density at radius 1 is 1.32 bits per heavy atom. The second-order valence-corrected chi connectivity index (χ2v) is 8.47. The van der Waals surface area contributed by atoms with Gasteiger partial charge in [-0.3, -0.25) is 4.99 Å². The van der Waals surface area contributed by atoms with Crippen molar-refractivity contribution < 1.29 is 0 Å². The molecule has 1 aromatic carbocycles. The van der Waals surface area contributed by atoms with Crippen LogP contribution < -0.4 is 5.32 Å². The molecule has 1 aromatic heterocycles. The van der Waals surface area contributed by atoms with Crippen LogP contribution in [0.3, 0.4) is 0 Å². The summed E-state index contributed by atoms with van der Waals surface area (Å²) >= 11 is 0. The fourth-order valence-electron chi connectivity index (χ4n) is 5.40. The maximum Gasteiger partial charge on any atom is 0.193 e. The number of aliphatic imine (C=N–C) groups is 1. The first-order chi connectivity index (χ1) is 13.3. The second-order valence-electron chi connectivity index (χ2n) is 8.47. The van der Waals surface area contributed by atoms with Gasteiger partial charge in [0.1, 0.15) is 0 Å².